The molecule has 3 rings (SSSR count). The molecule has 1 aliphatic heterocycles. The van der Waals surface area contributed by atoms with Gasteiger partial charge < -0.3 is 14.8 Å². The molecule has 0 saturated carbocycles. The minimum absolute atomic E-state index is 0.318. The second-order valence-corrected chi connectivity index (χ2v) is 4.61. The second kappa shape index (κ2) is 5.32. The lowest BCUT2D eigenvalue weighted by molar-refractivity contribution is 0.173. The van der Waals surface area contributed by atoms with Crippen LogP contribution < -0.4 is 14.8 Å². The van der Waals surface area contributed by atoms with Crippen molar-refractivity contribution in [3.05, 3.63) is 41.7 Å². The number of ether oxygens (including phenoxy) is 2. The number of aromatic nitrogens is 2. The molecule has 1 aromatic carbocycles. The highest BCUT2D eigenvalue weighted by Crippen LogP contribution is 2.35. The zero-order valence-electron chi connectivity index (χ0n) is 10.9. The Morgan fingerprint density at radius 1 is 1.37 bits per heavy atom. The Hall–Kier alpha value is -2.01. The van der Waals surface area contributed by atoms with Crippen molar-refractivity contribution in [1.82, 2.24) is 15.1 Å². The van der Waals surface area contributed by atoms with E-state index in [0.717, 1.165) is 36.7 Å². The number of hydrogen-bond acceptors (Lipinski definition) is 4. The summed E-state index contributed by atoms with van der Waals surface area (Å²) in [6, 6.07) is 5.97. The van der Waals surface area contributed by atoms with Gasteiger partial charge in [-0.1, -0.05) is 12.1 Å². The van der Waals surface area contributed by atoms with Crippen LogP contribution in [0.5, 0.6) is 11.5 Å². The van der Waals surface area contributed by atoms with E-state index in [0.29, 0.717) is 6.79 Å². The predicted molar refractivity (Wildman–Crippen MR) is 71.2 cm³/mol. The normalized spacial score (nSPS) is 12.9. The summed E-state index contributed by atoms with van der Waals surface area (Å²) in [4.78, 5) is 0. The van der Waals surface area contributed by atoms with Crippen LogP contribution in [0.2, 0.25) is 0 Å². The number of para-hydroxylation sites is 1. The molecule has 2 aromatic rings. The van der Waals surface area contributed by atoms with Gasteiger partial charge in [0.05, 0.1) is 12.7 Å². The maximum Gasteiger partial charge on any atom is 0.231 e. The first-order chi connectivity index (χ1) is 9.33. The third-order valence-corrected chi connectivity index (χ3v) is 3.07. The molecule has 1 aliphatic rings. The highest BCUT2D eigenvalue weighted by atomic mass is 16.7. The van der Waals surface area contributed by atoms with Crippen molar-refractivity contribution in [2.24, 2.45) is 0 Å². The lowest BCUT2D eigenvalue weighted by atomic mass is 10.2. The Morgan fingerprint density at radius 2 is 2.32 bits per heavy atom. The molecule has 5 nitrogen and oxygen atoms in total. The molecule has 0 radical (unpaired) electrons. The van der Waals surface area contributed by atoms with Crippen molar-refractivity contribution in [3.8, 4) is 11.5 Å². The number of rotatable bonds is 5. The first-order valence-electron chi connectivity index (χ1n) is 6.40. The van der Waals surface area contributed by atoms with E-state index in [1.54, 1.807) is 0 Å². The predicted octanol–water partition coefficient (Wildman–Crippen LogP) is 1.71. The van der Waals surface area contributed by atoms with Gasteiger partial charge in [0.25, 0.3) is 0 Å². The van der Waals surface area contributed by atoms with E-state index in [-0.39, 0.29) is 0 Å². The number of benzene rings is 1. The highest BCUT2D eigenvalue weighted by molar-refractivity contribution is 5.48. The van der Waals surface area contributed by atoms with Gasteiger partial charge in [-0.2, -0.15) is 5.10 Å². The molecule has 0 spiro atoms. The topological polar surface area (TPSA) is 48.3 Å². The van der Waals surface area contributed by atoms with Crippen LogP contribution in [0.1, 0.15) is 11.1 Å². The Bertz CT molecular complexity index is 566. The van der Waals surface area contributed by atoms with E-state index >= 15 is 0 Å². The summed E-state index contributed by atoms with van der Waals surface area (Å²) >= 11 is 0. The minimum atomic E-state index is 0.318. The van der Waals surface area contributed by atoms with Gasteiger partial charge in [0.15, 0.2) is 11.5 Å². The Morgan fingerprint density at radius 3 is 3.16 bits per heavy atom. The monoisotopic (exact) mass is 259 g/mol. The van der Waals surface area contributed by atoms with Gasteiger partial charge in [0, 0.05) is 24.8 Å². The number of nitrogens with one attached hydrogen (secondary N) is 1. The van der Waals surface area contributed by atoms with Gasteiger partial charge in [-0.3, -0.25) is 4.68 Å². The summed E-state index contributed by atoms with van der Waals surface area (Å²) < 4.78 is 12.8. The molecule has 0 amide bonds. The van der Waals surface area contributed by atoms with Crippen LogP contribution in [-0.2, 0) is 13.1 Å². The second-order valence-electron chi connectivity index (χ2n) is 4.61. The zero-order chi connectivity index (χ0) is 13.1. The fourth-order valence-corrected chi connectivity index (χ4v) is 2.14. The van der Waals surface area contributed by atoms with Crippen molar-refractivity contribution < 1.29 is 9.47 Å². The van der Waals surface area contributed by atoms with Crippen LogP contribution >= 0.6 is 0 Å². The van der Waals surface area contributed by atoms with Gasteiger partial charge in [0.1, 0.15) is 0 Å². The quantitative estimate of drug-likeness (QED) is 0.830. The van der Waals surface area contributed by atoms with E-state index in [1.165, 1.54) is 5.56 Å². The van der Waals surface area contributed by atoms with Gasteiger partial charge in [-0.05, 0) is 18.6 Å². The number of aryl methyl sites for hydroxylation is 1. The maximum atomic E-state index is 5.47. The molecule has 2 heterocycles. The number of hydrogen-bond donors (Lipinski definition) is 1. The van der Waals surface area contributed by atoms with Crippen molar-refractivity contribution in [2.75, 3.05) is 13.3 Å². The SMILES string of the molecule is Cc1cnn(CCNCc2cccc3c2OCO3)c1. The fraction of sp³-hybridized carbons (Fsp3) is 0.357. The lowest BCUT2D eigenvalue weighted by Crippen LogP contribution is -2.19. The third kappa shape index (κ3) is 2.71. The molecule has 0 bridgehead atoms. The summed E-state index contributed by atoms with van der Waals surface area (Å²) in [6.45, 7) is 4.86. The van der Waals surface area contributed by atoms with E-state index < -0.39 is 0 Å². The Balaban J connectivity index is 1.52. The first-order valence-corrected chi connectivity index (χ1v) is 6.40. The largest absolute Gasteiger partial charge is 0.454 e. The van der Waals surface area contributed by atoms with E-state index in [4.69, 9.17) is 9.47 Å². The number of nitrogens with zero attached hydrogens (tertiary/aromatic N) is 2. The van der Waals surface area contributed by atoms with Crippen LogP contribution in [0.15, 0.2) is 30.6 Å². The number of fused-ring (bicyclic) bond motifs is 1. The van der Waals surface area contributed by atoms with Gasteiger partial charge in [-0.15, -0.1) is 0 Å². The average molecular weight is 259 g/mol. The van der Waals surface area contributed by atoms with Gasteiger partial charge in [-0.25, -0.2) is 0 Å². The molecule has 1 N–H and O–H groups in total. The molecular weight excluding hydrogens is 242 g/mol. The molecule has 0 fully saturated rings. The molecule has 0 saturated heterocycles. The lowest BCUT2D eigenvalue weighted by Gasteiger charge is -2.07. The summed E-state index contributed by atoms with van der Waals surface area (Å²) in [6.07, 6.45) is 3.91. The van der Waals surface area contributed by atoms with Gasteiger partial charge in [0.2, 0.25) is 6.79 Å². The first kappa shape index (κ1) is 12.0. The Labute approximate surface area is 112 Å². The van der Waals surface area contributed by atoms with Gasteiger partial charge >= 0.3 is 0 Å². The summed E-state index contributed by atoms with van der Waals surface area (Å²) in [7, 11) is 0. The van der Waals surface area contributed by atoms with Crippen molar-refractivity contribution in [2.45, 2.75) is 20.0 Å². The smallest absolute Gasteiger partial charge is 0.231 e. The molecular formula is C14H17N3O2. The van der Waals surface area contributed by atoms with Crippen LogP contribution in [0.3, 0.4) is 0 Å². The van der Waals surface area contributed by atoms with E-state index in [9.17, 15) is 0 Å². The van der Waals surface area contributed by atoms with Crippen LogP contribution in [0.25, 0.3) is 0 Å². The Kier molecular flexibility index (Phi) is 3.37. The summed E-state index contributed by atoms with van der Waals surface area (Å²) in [5.41, 5.74) is 2.32. The molecule has 1 aromatic heterocycles. The molecule has 19 heavy (non-hydrogen) atoms. The van der Waals surface area contributed by atoms with Crippen molar-refractivity contribution in [3.63, 3.8) is 0 Å². The van der Waals surface area contributed by atoms with Crippen molar-refractivity contribution in [1.29, 1.82) is 0 Å². The molecule has 0 unspecified atom stereocenters. The molecule has 5 heteroatoms. The highest BCUT2D eigenvalue weighted by Gasteiger charge is 2.16. The van der Waals surface area contributed by atoms with Crippen molar-refractivity contribution >= 4 is 0 Å². The summed E-state index contributed by atoms with van der Waals surface area (Å²) in [5, 5.41) is 7.64. The van der Waals surface area contributed by atoms with Crippen LogP contribution in [-0.4, -0.2) is 23.1 Å². The molecule has 100 valence electrons. The third-order valence-electron chi connectivity index (χ3n) is 3.07. The minimum Gasteiger partial charge on any atom is -0.454 e. The van der Waals surface area contributed by atoms with E-state index in [2.05, 4.69) is 16.5 Å². The van der Waals surface area contributed by atoms with E-state index in [1.807, 2.05) is 36.1 Å². The standard InChI is InChI=1S/C14H17N3O2/c1-11-7-16-17(9-11)6-5-15-8-12-3-2-4-13-14(12)19-10-18-13/h2-4,7,9,15H,5-6,8,10H2,1H3. The molecule has 0 atom stereocenters. The summed E-state index contributed by atoms with van der Waals surface area (Å²) in [5.74, 6) is 1.70. The maximum absolute atomic E-state index is 5.47. The fourth-order valence-electron chi connectivity index (χ4n) is 2.14. The van der Waals surface area contributed by atoms with Crippen LogP contribution in [0, 0.1) is 6.92 Å². The molecule has 0 aliphatic carbocycles. The zero-order valence-corrected chi connectivity index (χ0v) is 10.9. The van der Waals surface area contributed by atoms with Crippen LogP contribution in [0.4, 0.5) is 0 Å². The average Bonchev–Trinajstić information content (AvgIpc) is 3.03.